The Kier molecular flexibility index (Phi) is 6.40. The van der Waals surface area contributed by atoms with Crippen LogP contribution in [-0.4, -0.2) is 45.9 Å². The SMILES string of the molecule is CNS(=O)(=O)c1ccc(C(=O)N2CCNCC2c2cccc(F)c2)o1.Cl. The number of sulfonamides is 1. The van der Waals surface area contributed by atoms with Crippen molar-refractivity contribution in [2.24, 2.45) is 0 Å². The molecule has 0 spiro atoms. The first kappa shape index (κ1) is 20.4. The van der Waals surface area contributed by atoms with Gasteiger partial charge in [0.25, 0.3) is 15.9 Å². The van der Waals surface area contributed by atoms with Crippen molar-refractivity contribution in [1.82, 2.24) is 14.9 Å². The third kappa shape index (κ3) is 4.07. The molecule has 0 aliphatic carbocycles. The van der Waals surface area contributed by atoms with Gasteiger partial charge in [0.15, 0.2) is 5.76 Å². The zero-order valence-corrected chi connectivity index (χ0v) is 15.6. The van der Waals surface area contributed by atoms with Gasteiger partial charge in [0.05, 0.1) is 6.04 Å². The van der Waals surface area contributed by atoms with Gasteiger partial charge in [-0.3, -0.25) is 4.79 Å². The third-order valence-corrected chi connectivity index (χ3v) is 5.35. The molecule has 0 saturated carbocycles. The highest BCUT2D eigenvalue weighted by molar-refractivity contribution is 7.89. The lowest BCUT2D eigenvalue weighted by atomic mass is 10.0. The second-order valence-electron chi connectivity index (χ2n) is 5.60. The van der Waals surface area contributed by atoms with Crippen LogP contribution in [0.4, 0.5) is 4.39 Å². The monoisotopic (exact) mass is 403 g/mol. The average Bonchev–Trinajstić information content (AvgIpc) is 3.12. The second kappa shape index (κ2) is 8.17. The minimum atomic E-state index is -3.76. The summed E-state index contributed by atoms with van der Waals surface area (Å²) in [6.07, 6.45) is 0. The molecule has 142 valence electrons. The lowest BCUT2D eigenvalue weighted by molar-refractivity contribution is 0.0595. The molecule has 1 unspecified atom stereocenters. The summed E-state index contributed by atoms with van der Waals surface area (Å²) in [6.45, 7) is 1.45. The first-order valence-electron chi connectivity index (χ1n) is 7.73. The molecular weight excluding hydrogens is 385 g/mol. The molecule has 7 nitrogen and oxygen atoms in total. The predicted molar refractivity (Wildman–Crippen MR) is 95.2 cm³/mol. The van der Waals surface area contributed by atoms with E-state index in [1.807, 2.05) is 0 Å². The van der Waals surface area contributed by atoms with E-state index in [4.69, 9.17) is 4.42 Å². The largest absolute Gasteiger partial charge is 0.438 e. The van der Waals surface area contributed by atoms with E-state index in [2.05, 4.69) is 10.0 Å². The molecule has 0 radical (unpaired) electrons. The predicted octanol–water partition coefficient (Wildman–Crippen LogP) is 1.54. The fraction of sp³-hybridized carbons (Fsp3) is 0.312. The lowest BCUT2D eigenvalue weighted by Crippen LogP contribution is -2.48. The van der Waals surface area contributed by atoms with Crippen LogP contribution in [0.25, 0.3) is 0 Å². The second-order valence-corrected chi connectivity index (χ2v) is 7.42. The molecule has 1 atom stereocenters. The van der Waals surface area contributed by atoms with Crippen molar-refractivity contribution in [2.45, 2.75) is 11.1 Å². The smallest absolute Gasteiger partial charge is 0.290 e. The van der Waals surface area contributed by atoms with Crippen LogP contribution < -0.4 is 10.0 Å². The molecule has 1 aromatic heterocycles. The van der Waals surface area contributed by atoms with Gasteiger partial charge in [-0.05, 0) is 36.9 Å². The Labute approximate surface area is 157 Å². The first-order valence-corrected chi connectivity index (χ1v) is 9.21. The number of rotatable bonds is 4. The van der Waals surface area contributed by atoms with Crippen molar-refractivity contribution in [3.8, 4) is 0 Å². The van der Waals surface area contributed by atoms with Crippen LogP contribution in [0.3, 0.4) is 0 Å². The number of nitrogens with one attached hydrogen (secondary N) is 2. The number of furan rings is 1. The molecule has 1 aliphatic rings. The number of nitrogens with zero attached hydrogens (tertiary/aromatic N) is 1. The minimum absolute atomic E-state index is 0. The fourth-order valence-electron chi connectivity index (χ4n) is 2.78. The van der Waals surface area contributed by atoms with Crippen molar-refractivity contribution in [3.05, 3.63) is 53.5 Å². The summed E-state index contributed by atoms with van der Waals surface area (Å²) in [6, 6.07) is 8.26. The zero-order chi connectivity index (χ0) is 18.0. The van der Waals surface area contributed by atoms with Crippen LogP contribution in [0.1, 0.15) is 22.2 Å². The van der Waals surface area contributed by atoms with Crippen molar-refractivity contribution in [1.29, 1.82) is 0 Å². The fourth-order valence-corrected chi connectivity index (χ4v) is 3.43. The number of hydrogen-bond donors (Lipinski definition) is 2. The van der Waals surface area contributed by atoms with Crippen molar-refractivity contribution in [3.63, 3.8) is 0 Å². The number of hydrogen-bond acceptors (Lipinski definition) is 5. The summed E-state index contributed by atoms with van der Waals surface area (Å²) in [4.78, 5) is 14.3. The zero-order valence-electron chi connectivity index (χ0n) is 13.9. The van der Waals surface area contributed by atoms with E-state index in [1.165, 1.54) is 31.3 Å². The van der Waals surface area contributed by atoms with E-state index in [-0.39, 0.29) is 35.1 Å². The molecular formula is C16H19ClFN3O4S. The van der Waals surface area contributed by atoms with E-state index in [0.717, 1.165) is 0 Å². The lowest BCUT2D eigenvalue weighted by Gasteiger charge is -2.36. The summed E-state index contributed by atoms with van der Waals surface area (Å²) in [7, 11) is -2.50. The molecule has 2 N–H and O–H groups in total. The Balaban J connectivity index is 0.00000243. The van der Waals surface area contributed by atoms with E-state index in [1.54, 1.807) is 17.0 Å². The molecule has 3 rings (SSSR count). The standard InChI is InChI=1S/C16H18FN3O4S.ClH/c1-18-25(22,23)15-6-5-14(24-15)16(21)20-8-7-19-10-13(20)11-3-2-4-12(17)9-11;/h2-6,9,13,18-19H,7-8,10H2,1H3;1H. The molecule has 2 aromatic rings. The van der Waals surface area contributed by atoms with Crippen LogP contribution in [0.5, 0.6) is 0 Å². The van der Waals surface area contributed by atoms with Gasteiger partial charge in [-0.2, -0.15) is 0 Å². The average molecular weight is 404 g/mol. The Hall–Kier alpha value is -1.94. The summed E-state index contributed by atoms with van der Waals surface area (Å²) < 4.78 is 44.4. The maximum absolute atomic E-state index is 13.5. The summed E-state index contributed by atoms with van der Waals surface area (Å²) in [5, 5.41) is 2.85. The molecule has 0 bridgehead atoms. The highest BCUT2D eigenvalue weighted by Gasteiger charge is 2.31. The minimum Gasteiger partial charge on any atom is -0.438 e. The molecule has 1 saturated heterocycles. The molecule has 1 amide bonds. The number of carbonyl (C=O) groups is 1. The van der Waals surface area contributed by atoms with Crippen molar-refractivity contribution < 1.29 is 22.0 Å². The highest BCUT2D eigenvalue weighted by atomic mass is 35.5. The molecule has 10 heteroatoms. The number of benzene rings is 1. The van der Waals surface area contributed by atoms with Gasteiger partial charge in [0.2, 0.25) is 5.09 Å². The van der Waals surface area contributed by atoms with Gasteiger partial charge in [-0.1, -0.05) is 12.1 Å². The highest BCUT2D eigenvalue weighted by Crippen LogP contribution is 2.26. The Morgan fingerprint density at radius 2 is 2.12 bits per heavy atom. The van der Waals surface area contributed by atoms with Gasteiger partial charge in [-0.25, -0.2) is 17.5 Å². The van der Waals surface area contributed by atoms with Crippen LogP contribution in [0, 0.1) is 5.82 Å². The number of amides is 1. The maximum Gasteiger partial charge on any atom is 0.290 e. The van der Waals surface area contributed by atoms with Crippen LogP contribution in [0.15, 0.2) is 45.9 Å². The molecule has 2 heterocycles. The van der Waals surface area contributed by atoms with E-state index in [9.17, 15) is 17.6 Å². The van der Waals surface area contributed by atoms with Gasteiger partial charge in [0, 0.05) is 19.6 Å². The molecule has 26 heavy (non-hydrogen) atoms. The number of piperazine rings is 1. The van der Waals surface area contributed by atoms with Gasteiger partial charge in [0.1, 0.15) is 5.82 Å². The van der Waals surface area contributed by atoms with Gasteiger partial charge < -0.3 is 14.6 Å². The Morgan fingerprint density at radius 3 is 2.81 bits per heavy atom. The topological polar surface area (TPSA) is 91.7 Å². The molecule has 1 aromatic carbocycles. The van der Waals surface area contributed by atoms with Gasteiger partial charge >= 0.3 is 0 Å². The van der Waals surface area contributed by atoms with E-state index in [0.29, 0.717) is 25.2 Å². The third-order valence-electron chi connectivity index (χ3n) is 4.06. The van der Waals surface area contributed by atoms with Crippen LogP contribution >= 0.6 is 12.4 Å². The number of halogens is 2. The van der Waals surface area contributed by atoms with E-state index < -0.39 is 15.9 Å². The first-order chi connectivity index (χ1) is 11.9. The number of carbonyl (C=O) groups excluding carboxylic acids is 1. The quantitative estimate of drug-likeness (QED) is 0.807. The Morgan fingerprint density at radius 1 is 1.35 bits per heavy atom. The van der Waals surface area contributed by atoms with Gasteiger partial charge in [-0.15, -0.1) is 12.4 Å². The van der Waals surface area contributed by atoms with Crippen LogP contribution in [0.2, 0.25) is 0 Å². The van der Waals surface area contributed by atoms with Crippen molar-refractivity contribution in [2.75, 3.05) is 26.7 Å². The summed E-state index contributed by atoms with van der Waals surface area (Å²) >= 11 is 0. The summed E-state index contributed by atoms with van der Waals surface area (Å²) in [5.74, 6) is -0.888. The van der Waals surface area contributed by atoms with Crippen molar-refractivity contribution >= 4 is 28.3 Å². The van der Waals surface area contributed by atoms with Crippen LogP contribution in [-0.2, 0) is 10.0 Å². The molecule has 1 aliphatic heterocycles. The Bertz CT molecular complexity index is 887. The maximum atomic E-state index is 13.5. The summed E-state index contributed by atoms with van der Waals surface area (Å²) in [5.41, 5.74) is 0.662. The molecule has 1 fully saturated rings. The van der Waals surface area contributed by atoms with E-state index >= 15 is 0 Å². The normalized spacial score (nSPS) is 17.6.